The first-order valence-corrected chi connectivity index (χ1v) is 4.78. The number of carbonyl (C=O) groups excluding carboxylic acids is 1. The summed E-state index contributed by atoms with van der Waals surface area (Å²) in [4.78, 5) is 24.4. The Morgan fingerprint density at radius 1 is 1.27 bits per heavy atom. The lowest BCUT2D eigenvalue weighted by Crippen LogP contribution is -2.46. The van der Waals surface area contributed by atoms with E-state index in [-0.39, 0.29) is 6.26 Å². The van der Waals surface area contributed by atoms with E-state index in [4.69, 9.17) is 10.2 Å². The van der Waals surface area contributed by atoms with Crippen molar-refractivity contribution in [2.24, 2.45) is 5.34 Å². The number of hydrogen-bond acceptors (Lipinski definition) is 9. The molecule has 0 spiro atoms. The zero-order chi connectivity index (χ0) is 17.3. The molecule has 22 heavy (non-hydrogen) atoms. The van der Waals surface area contributed by atoms with Gasteiger partial charge in [-0.25, -0.2) is 4.79 Å². The summed E-state index contributed by atoms with van der Waals surface area (Å²) in [5.41, 5.74) is 0. The Morgan fingerprint density at radius 3 is 2.27 bits per heavy atom. The Kier molecular flexibility index (Phi) is 4.29. The van der Waals surface area contributed by atoms with Gasteiger partial charge < -0.3 is 29.6 Å². The fraction of sp³-hybridized carbons (Fsp3) is 0.375. The summed E-state index contributed by atoms with van der Waals surface area (Å²) in [6.45, 7) is 0. The maximum atomic E-state index is 12.7. The zero-order valence-electron chi connectivity index (χ0n) is 9.80. The maximum Gasteiger partial charge on any atom is 0.465 e. The highest BCUT2D eigenvalue weighted by molar-refractivity contribution is 5.80. The summed E-state index contributed by atoms with van der Waals surface area (Å²) in [5, 5.41) is 28.9. The summed E-state index contributed by atoms with van der Waals surface area (Å²) in [7, 11) is 0. The third-order valence-corrected chi connectivity index (χ3v) is 2.02. The number of alkyl halides is 5. The van der Waals surface area contributed by atoms with Gasteiger partial charge in [-0.05, 0) is 0 Å². The van der Waals surface area contributed by atoms with Crippen molar-refractivity contribution in [1.29, 1.82) is 0 Å². The molecule has 1 rings (SSSR count). The number of nitrogens with zero attached hydrogens (tertiary/aromatic N) is 1. The van der Waals surface area contributed by atoms with Crippen molar-refractivity contribution >= 4 is 5.97 Å². The van der Waals surface area contributed by atoms with Gasteiger partial charge in [0, 0.05) is 0 Å². The largest absolute Gasteiger partial charge is 0.501 e. The lowest BCUT2D eigenvalue weighted by atomic mass is 10.2. The Labute approximate surface area is 115 Å². The second-order valence-electron chi connectivity index (χ2n) is 3.51. The van der Waals surface area contributed by atoms with Gasteiger partial charge in [-0.1, -0.05) is 0 Å². The number of esters is 1. The highest BCUT2D eigenvalue weighted by atomic mass is 19.4. The molecule has 3 N–H and O–H groups in total. The van der Waals surface area contributed by atoms with Crippen LogP contribution in [0.3, 0.4) is 0 Å². The number of carbonyl (C=O) groups is 1. The molecule has 0 aromatic heterocycles. The lowest BCUT2D eigenvalue weighted by molar-refractivity contribution is -0.308. The molecule has 0 saturated heterocycles. The van der Waals surface area contributed by atoms with E-state index in [2.05, 4.69) is 14.3 Å². The molecule has 9 nitrogen and oxygen atoms in total. The summed E-state index contributed by atoms with van der Waals surface area (Å²) in [6.07, 6.45) is -6.29. The van der Waals surface area contributed by atoms with Crippen LogP contribution in [0.1, 0.15) is 0 Å². The number of ether oxygens (including phenoxy) is 2. The fourth-order valence-corrected chi connectivity index (χ4v) is 0.984. The van der Waals surface area contributed by atoms with E-state index in [1.807, 2.05) is 0 Å². The number of hydrogen-bond donors (Lipinski definition) is 3. The minimum absolute atomic E-state index is 0.0511. The number of aliphatic hydroxyl groups excluding tert-OH is 1. The summed E-state index contributed by atoms with van der Waals surface area (Å²) in [5.74, 6) is -17.9. The molecule has 14 heteroatoms. The van der Waals surface area contributed by atoms with Crippen LogP contribution in [0.2, 0.25) is 0 Å². The third-order valence-electron chi connectivity index (χ3n) is 2.02. The van der Waals surface area contributed by atoms with Crippen LogP contribution in [0.5, 0.6) is 0 Å². The maximum absolute atomic E-state index is 12.7. The standard InChI is InChI=1S/C8H4F5NO8/c9-6(10,8(11,12)13)5(16)21-3-2(22-14-19)1-20-7(17,18)4(3)15/h1,15,17-18H. The number of rotatable bonds is 4. The molecule has 0 aromatic rings. The van der Waals surface area contributed by atoms with Gasteiger partial charge in [-0.15, -0.1) is 4.91 Å². The molecule has 0 aliphatic carbocycles. The van der Waals surface area contributed by atoms with Crippen LogP contribution in [0.4, 0.5) is 22.0 Å². The van der Waals surface area contributed by atoms with Gasteiger partial charge in [0.05, 0.1) is 0 Å². The Hall–Kier alpha value is -2.48. The molecule has 124 valence electrons. The van der Waals surface area contributed by atoms with E-state index in [0.717, 1.165) is 0 Å². The number of aliphatic hydroxyl groups is 3. The van der Waals surface area contributed by atoms with Crippen molar-refractivity contribution in [3.63, 3.8) is 0 Å². The van der Waals surface area contributed by atoms with Crippen molar-refractivity contribution in [3.8, 4) is 0 Å². The van der Waals surface area contributed by atoms with Crippen molar-refractivity contribution in [2.45, 2.75) is 18.1 Å². The summed E-state index contributed by atoms with van der Waals surface area (Å²) in [6, 6.07) is 0. The van der Waals surface area contributed by atoms with Crippen LogP contribution in [-0.2, 0) is 19.1 Å². The first-order chi connectivity index (χ1) is 9.84. The molecule has 0 radical (unpaired) electrons. The van der Waals surface area contributed by atoms with Crippen LogP contribution >= 0.6 is 0 Å². The van der Waals surface area contributed by atoms with E-state index in [1.54, 1.807) is 5.34 Å². The van der Waals surface area contributed by atoms with Gasteiger partial charge in [0.1, 0.15) is 6.26 Å². The zero-order valence-corrected chi connectivity index (χ0v) is 9.80. The minimum atomic E-state index is -6.34. The SMILES string of the molecule is O=NOC1=COC(O)(O)C(O)=C1OC(=O)C(F)(F)C(F)(F)F. The highest BCUT2D eigenvalue weighted by Gasteiger charge is 2.65. The van der Waals surface area contributed by atoms with Gasteiger partial charge in [-0.2, -0.15) is 22.0 Å². The monoisotopic (exact) mass is 337 g/mol. The molecule has 0 bridgehead atoms. The first kappa shape index (κ1) is 17.6. The molecule has 0 amide bonds. The van der Waals surface area contributed by atoms with Crippen molar-refractivity contribution in [3.05, 3.63) is 28.4 Å². The van der Waals surface area contributed by atoms with Crippen LogP contribution in [0.15, 0.2) is 28.9 Å². The van der Waals surface area contributed by atoms with Crippen molar-refractivity contribution < 1.29 is 56.4 Å². The van der Waals surface area contributed by atoms with E-state index in [9.17, 15) is 36.8 Å². The van der Waals surface area contributed by atoms with Crippen LogP contribution in [0.25, 0.3) is 0 Å². The van der Waals surface area contributed by atoms with Crippen LogP contribution in [0, 0.1) is 4.91 Å². The van der Waals surface area contributed by atoms with Gasteiger partial charge in [0.15, 0.2) is 5.34 Å². The molecule has 0 saturated carbocycles. The topological polar surface area (TPSA) is 135 Å². The molecule has 1 heterocycles. The van der Waals surface area contributed by atoms with Gasteiger partial charge in [0.2, 0.25) is 17.3 Å². The van der Waals surface area contributed by atoms with Crippen molar-refractivity contribution in [2.75, 3.05) is 0 Å². The van der Waals surface area contributed by atoms with Crippen LogP contribution in [-0.4, -0.2) is 39.4 Å². The van der Waals surface area contributed by atoms with Gasteiger partial charge in [-0.3, -0.25) is 0 Å². The molecule has 0 unspecified atom stereocenters. The third kappa shape index (κ3) is 3.06. The molecular formula is C8H4F5NO8. The van der Waals surface area contributed by atoms with Crippen molar-refractivity contribution in [1.82, 2.24) is 0 Å². The molecule has 1 aliphatic rings. The molecule has 0 atom stereocenters. The predicted octanol–water partition coefficient (Wildman–Crippen LogP) is 0.705. The highest BCUT2D eigenvalue weighted by Crippen LogP contribution is 2.38. The van der Waals surface area contributed by atoms with E-state index >= 15 is 0 Å². The minimum Gasteiger partial charge on any atom is -0.501 e. The molecule has 0 fully saturated rings. The summed E-state index contributed by atoms with van der Waals surface area (Å²) < 4.78 is 68.8. The Bertz CT molecular complexity index is 551. The van der Waals surface area contributed by atoms with E-state index < -0.39 is 41.3 Å². The molecular weight excluding hydrogens is 333 g/mol. The predicted molar refractivity (Wildman–Crippen MR) is 50.0 cm³/mol. The van der Waals surface area contributed by atoms with Gasteiger partial charge >= 0.3 is 24.0 Å². The first-order valence-electron chi connectivity index (χ1n) is 4.78. The van der Waals surface area contributed by atoms with Crippen LogP contribution < -0.4 is 0 Å². The summed E-state index contributed by atoms with van der Waals surface area (Å²) >= 11 is 0. The van der Waals surface area contributed by atoms with Gasteiger partial charge in [0.25, 0.3) is 0 Å². The van der Waals surface area contributed by atoms with E-state index in [0.29, 0.717) is 0 Å². The second kappa shape index (κ2) is 5.38. The lowest BCUT2D eigenvalue weighted by Gasteiger charge is -2.26. The Balaban J connectivity index is 3.19. The average molecular weight is 337 g/mol. The normalized spacial score (nSPS) is 18.2. The smallest absolute Gasteiger partial charge is 0.465 e. The Morgan fingerprint density at radius 2 is 1.82 bits per heavy atom. The molecule has 1 aliphatic heterocycles. The quantitative estimate of drug-likeness (QED) is 0.224. The fourth-order valence-electron chi connectivity index (χ4n) is 0.984. The number of halogens is 5. The van der Waals surface area contributed by atoms with E-state index in [1.165, 1.54) is 0 Å². The molecule has 0 aromatic carbocycles. The average Bonchev–Trinajstić information content (AvgIpc) is 2.37. The second-order valence-corrected chi connectivity index (χ2v) is 3.51.